The van der Waals surface area contributed by atoms with E-state index in [0.29, 0.717) is 31.7 Å². The molecule has 1 aromatic heterocycles. The van der Waals surface area contributed by atoms with E-state index in [2.05, 4.69) is 15.9 Å². The highest BCUT2D eigenvalue weighted by molar-refractivity contribution is 9.10. The fourth-order valence-corrected chi connectivity index (χ4v) is 4.37. The van der Waals surface area contributed by atoms with Crippen molar-refractivity contribution in [1.82, 2.24) is 0 Å². The first-order chi connectivity index (χ1) is 12.9. The number of thiophene rings is 1. The minimum Gasteiger partial charge on any atom is -0.507 e. The second-order valence-corrected chi connectivity index (χ2v) is 7.78. The number of phenols is 1. The Kier molecular flexibility index (Phi) is 5.82. The van der Waals surface area contributed by atoms with Crippen molar-refractivity contribution in [2.24, 2.45) is 0 Å². The van der Waals surface area contributed by atoms with Gasteiger partial charge in [-0.3, -0.25) is 9.69 Å². The zero-order chi connectivity index (χ0) is 19.6. The van der Waals surface area contributed by atoms with Gasteiger partial charge in [-0.05, 0) is 40.5 Å². The third-order valence-electron chi connectivity index (χ3n) is 4.03. The van der Waals surface area contributed by atoms with Gasteiger partial charge in [-0.25, -0.2) is 4.79 Å². The molecule has 0 fully saturated rings. The van der Waals surface area contributed by atoms with E-state index in [-0.39, 0.29) is 18.3 Å². The summed E-state index contributed by atoms with van der Waals surface area (Å²) >= 11 is 4.57. The number of ether oxygens (including phenoxy) is 1. The number of nitrogens with zero attached hydrogens (tertiary/aromatic N) is 1. The van der Waals surface area contributed by atoms with Gasteiger partial charge in [0.15, 0.2) is 0 Å². The first-order valence-electron chi connectivity index (χ1n) is 8.36. The lowest BCUT2D eigenvalue weighted by molar-refractivity contribution is -0.116. The third kappa shape index (κ3) is 3.99. The van der Waals surface area contributed by atoms with E-state index in [9.17, 15) is 14.7 Å². The van der Waals surface area contributed by atoms with Crippen molar-refractivity contribution in [2.75, 3.05) is 11.5 Å². The molecule has 1 N–H and O–H groups in total. The molecule has 1 amide bonds. The van der Waals surface area contributed by atoms with Crippen LogP contribution in [-0.4, -0.2) is 23.6 Å². The normalized spacial score (nSPS) is 10.8. The molecule has 0 spiro atoms. The topological polar surface area (TPSA) is 66.8 Å². The Labute approximate surface area is 169 Å². The zero-order valence-electron chi connectivity index (χ0n) is 14.9. The molecule has 0 saturated carbocycles. The maximum absolute atomic E-state index is 12.7. The Morgan fingerprint density at radius 2 is 1.93 bits per heavy atom. The number of rotatable bonds is 5. The van der Waals surface area contributed by atoms with Gasteiger partial charge in [0, 0.05) is 17.0 Å². The summed E-state index contributed by atoms with van der Waals surface area (Å²) in [7, 11) is 0. The lowest BCUT2D eigenvalue weighted by atomic mass is 10.1. The van der Waals surface area contributed by atoms with Crippen molar-refractivity contribution >= 4 is 54.2 Å². The van der Waals surface area contributed by atoms with Gasteiger partial charge < -0.3 is 9.84 Å². The van der Waals surface area contributed by atoms with Gasteiger partial charge in [0.05, 0.1) is 17.6 Å². The average Bonchev–Trinajstić information content (AvgIpc) is 2.98. The van der Waals surface area contributed by atoms with Crippen LogP contribution < -0.4 is 4.90 Å². The number of hydrogen-bond acceptors (Lipinski definition) is 5. The molecule has 0 atom stereocenters. The number of phenolic OH excluding ortho intramolecular Hbond substituents is 1. The lowest BCUT2D eigenvalue weighted by Gasteiger charge is -2.21. The number of benzene rings is 2. The van der Waals surface area contributed by atoms with Gasteiger partial charge in [0.1, 0.15) is 16.3 Å². The highest BCUT2D eigenvalue weighted by atomic mass is 79.9. The molecule has 1 heterocycles. The van der Waals surface area contributed by atoms with Crippen LogP contribution in [0.3, 0.4) is 0 Å². The number of aromatic hydroxyl groups is 1. The van der Waals surface area contributed by atoms with Crippen LogP contribution in [0, 0.1) is 0 Å². The molecule has 0 aliphatic carbocycles. The molecule has 0 saturated heterocycles. The maximum atomic E-state index is 12.7. The van der Waals surface area contributed by atoms with Crippen molar-refractivity contribution < 1.29 is 19.4 Å². The molecular weight excluding hydrogens is 430 g/mol. The van der Waals surface area contributed by atoms with Gasteiger partial charge in [0.25, 0.3) is 0 Å². The fraction of sp³-hybridized carbons (Fsp3) is 0.200. The monoisotopic (exact) mass is 447 g/mol. The summed E-state index contributed by atoms with van der Waals surface area (Å²) in [5, 5.41) is 11.2. The molecule has 0 bridgehead atoms. The van der Waals surface area contributed by atoms with Crippen LogP contribution in [0.5, 0.6) is 5.75 Å². The number of fused-ring (bicyclic) bond motifs is 1. The minimum absolute atomic E-state index is 0.0724. The highest BCUT2D eigenvalue weighted by Gasteiger charge is 2.27. The Balaban J connectivity index is 2.19. The van der Waals surface area contributed by atoms with Crippen molar-refractivity contribution in [2.45, 2.75) is 20.4 Å². The largest absolute Gasteiger partial charge is 0.507 e. The smallest absolute Gasteiger partial charge is 0.341 e. The van der Waals surface area contributed by atoms with Gasteiger partial charge in [-0.15, -0.1) is 11.3 Å². The van der Waals surface area contributed by atoms with Crippen molar-refractivity contribution in [3.63, 3.8) is 0 Å². The van der Waals surface area contributed by atoms with Crippen LogP contribution in [0.15, 0.2) is 46.9 Å². The summed E-state index contributed by atoms with van der Waals surface area (Å²) in [6.07, 6.45) is 0. The molecule has 0 radical (unpaired) electrons. The summed E-state index contributed by atoms with van der Waals surface area (Å²) in [5.41, 5.74) is 1.28. The summed E-state index contributed by atoms with van der Waals surface area (Å²) < 4.78 is 6.41. The summed E-state index contributed by atoms with van der Waals surface area (Å²) in [6, 6.07) is 12.8. The molecular formula is C20H18BrNO4S. The predicted molar refractivity (Wildman–Crippen MR) is 110 cm³/mol. The molecule has 2 aromatic carbocycles. The third-order valence-corrected chi connectivity index (χ3v) is 5.84. The Hall–Kier alpha value is -2.38. The van der Waals surface area contributed by atoms with E-state index < -0.39 is 5.97 Å². The summed E-state index contributed by atoms with van der Waals surface area (Å²) in [5.74, 6) is -0.599. The molecule has 3 rings (SSSR count). The van der Waals surface area contributed by atoms with Gasteiger partial charge in [0.2, 0.25) is 5.91 Å². The molecule has 27 heavy (non-hydrogen) atoms. The van der Waals surface area contributed by atoms with Crippen LogP contribution >= 0.6 is 27.3 Å². The van der Waals surface area contributed by atoms with E-state index in [0.717, 1.165) is 5.56 Å². The number of hydrogen-bond donors (Lipinski definition) is 1. The molecule has 7 heteroatoms. The van der Waals surface area contributed by atoms with Crippen LogP contribution in [0.2, 0.25) is 0 Å². The Bertz CT molecular complexity index is 1000. The molecule has 0 aliphatic rings. The fourth-order valence-electron chi connectivity index (χ4n) is 2.78. The zero-order valence-corrected chi connectivity index (χ0v) is 17.3. The molecule has 0 unspecified atom stereocenters. The van der Waals surface area contributed by atoms with E-state index in [1.807, 2.05) is 30.3 Å². The van der Waals surface area contributed by atoms with Crippen molar-refractivity contribution in [3.05, 3.63) is 58.1 Å². The summed E-state index contributed by atoms with van der Waals surface area (Å²) in [6.45, 7) is 3.77. The number of carbonyl (C=O) groups excluding carboxylic acids is 2. The number of esters is 1. The van der Waals surface area contributed by atoms with E-state index >= 15 is 0 Å². The second-order valence-electron chi connectivity index (χ2n) is 5.89. The van der Waals surface area contributed by atoms with E-state index in [1.54, 1.807) is 24.0 Å². The maximum Gasteiger partial charge on any atom is 0.341 e. The second kappa shape index (κ2) is 8.10. The SMILES string of the molecule is CCOC(=O)c1c(N(Cc2ccccc2)C(C)=O)sc2cc(O)c(Br)cc12. The molecule has 0 aliphatic heterocycles. The van der Waals surface area contributed by atoms with Crippen LogP contribution in [0.1, 0.15) is 29.8 Å². The number of anilines is 1. The van der Waals surface area contributed by atoms with Crippen LogP contribution in [0.4, 0.5) is 5.00 Å². The van der Waals surface area contributed by atoms with E-state index in [4.69, 9.17) is 4.74 Å². The van der Waals surface area contributed by atoms with Crippen molar-refractivity contribution in [1.29, 1.82) is 0 Å². The van der Waals surface area contributed by atoms with Crippen molar-refractivity contribution in [3.8, 4) is 5.75 Å². The van der Waals surface area contributed by atoms with Crippen LogP contribution in [-0.2, 0) is 16.1 Å². The Morgan fingerprint density at radius 1 is 1.22 bits per heavy atom. The first kappa shape index (κ1) is 19.4. The van der Waals surface area contributed by atoms with Gasteiger partial charge in [-0.1, -0.05) is 30.3 Å². The number of carbonyl (C=O) groups is 2. The quantitative estimate of drug-likeness (QED) is 0.552. The van der Waals surface area contributed by atoms with Gasteiger partial charge in [-0.2, -0.15) is 0 Å². The minimum atomic E-state index is -0.490. The number of amides is 1. The molecule has 140 valence electrons. The Morgan fingerprint density at radius 3 is 2.56 bits per heavy atom. The van der Waals surface area contributed by atoms with Gasteiger partial charge >= 0.3 is 5.97 Å². The molecule has 5 nitrogen and oxygen atoms in total. The van der Waals surface area contributed by atoms with E-state index in [1.165, 1.54) is 18.3 Å². The standard InChI is InChI=1S/C20H18BrNO4S/c1-3-26-20(25)18-14-9-15(21)16(24)10-17(14)27-19(18)22(12(2)23)11-13-7-5-4-6-8-13/h4-10,24H,3,11H2,1-2H3. The predicted octanol–water partition coefficient (Wildman–Crippen LogP) is 5.10. The average molecular weight is 448 g/mol. The lowest BCUT2D eigenvalue weighted by Crippen LogP contribution is -2.28. The highest BCUT2D eigenvalue weighted by Crippen LogP contribution is 2.43. The number of halogens is 1. The first-order valence-corrected chi connectivity index (χ1v) is 9.97. The summed E-state index contributed by atoms with van der Waals surface area (Å²) in [4.78, 5) is 26.7. The van der Waals surface area contributed by atoms with Crippen LogP contribution in [0.25, 0.3) is 10.1 Å². The molecule has 3 aromatic rings.